The first kappa shape index (κ1) is 11.7. The van der Waals surface area contributed by atoms with E-state index in [0.29, 0.717) is 30.2 Å². The van der Waals surface area contributed by atoms with Crippen molar-refractivity contribution >= 4 is 10.9 Å². The van der Waals surface area contributed by atoms with Crippen molar-refractivity contribution < 1.29 is 4.52 Å². The van der Waals surface area contributed by atoms with E-state index in [2.05, 4.69) is 10.1 Å². The molecular weight excluding hydrogens is 244 g/mol. The van der Waals surface area contributed by atoms with Gasteiger partial charge in [-0.25, -0.2) is 0 Å². The van der Waals surface area contributed by atoms with Crippen LogP contribution in [0.3, 0.4) is 0 Å². The maximum atomic E-state index is 12.3. The molecule has 0 amide bonds. The van der Waals surface area contributed by atoms with Crippen molar-refractivity contribution in [2.24, 2.45) is 7.05 Å². The van der Waals surface area contributed by atoms with Crippen molar-refractivity contribution in [1.29, 1.82) is 0 Å². The molecule has 6 heteroatoms. The minimum atomic E-state index is 0.00115. The topological polar surface area (TPSA) is 65.8 Å². The number of hydrogen-bond donors (Lipinski definition) is 0. The summed E-state index contributed by atoms with van der Waals surface area (Å²) in [5.74, 6) is 1.16. The molecule has 0 saturated heterocycles. The van der Waals surface area contributed by atoms with Crippen LogP contribution in [0, 0.1) is 6.92 Å². The summed E-state index contributed by atoms with van der Waals surface area (Å²) in [4.78, 5) is 16.4. The summed E-state index contributed by atoms with van der Waals surface area (Å²) in [6, 6.07) is 3.87. The van der Waals surface area contributed by atoms with Gasteiger partial charge in [-0.15, -0.1) is 0 Å². The molecule has 19 heavy (non-hydrogen) atoms. The van der Waals surface area contributed by atoms with Crippen LogP contribution >= 0.6 is 0 Å². The van der Waals surface area contributed by atoms with Crippen molar-refractivity contribution in [2.75, 3.05) is 0 Å². The third-order valence-corrected chi connectivity index (χ3v) is 3.14. The number of pyridine rings is 1. The summed E-state index contributed by atoms with van der Waals surface area (Å²) in [6.45, 7) is 2.30. The van der Waals surface area contributed by atoms with Crippen LogP contribution in [-0.2, 0) is 20.0 Å². The van der Waals surface area contributed by atoms with E-state index in [9.17, 15) is 4.79 Å². The van der Waals surface area contributed by atoms with Crippen LogP contribution in [0.1, 0.15) is 11.7 Å². The third-order valence-electron chi connectivity index (χ3n) is 3.14. The van der Waals surface area contributed by atoms with Gasteiger partial charge in [-0.3, -0.25) is 4.79 Å². The molecule has 0 saturated carbocycles. The number of nitrogens with zero attached hydrogens (tertiary/aromatic N) is 4. The van der Waals surface area contributed by atoms with Crippen LogP contribution < -0.4 is 5.56 Å². The highest BCUT2D eigenvalue weighted by atomic mass is 16.5. The molecule has 0 N–H and O–H groups in total. The fourth-order valence-corrected chi connectivity index (χ4v) is 2.17. The quantitative estimate of drug-likeness (QED) is 0.709. The van der Waals surface area contributed by atoms with Gasteiger partial charge in [-0.2, -0.15) is 4.98 Å². The normalized spacial score (nSPS) is 11.3. The van der Waals surface area contributed by atoms with Crippen LogP contribution in [-0.4, -0.2) is 19.3 Å². The fraction of sp³-hybridized carbons (Fsp3) is 0.308. The van der Waals surface area contributed by atoms with Gasteiger partial charge in [-0.1, -0.05) is 5.16 Å². The zero-order valence-electron chi connectivity index (χ0n) is 10.8. The Labute approximate surface area is 109 Å². The Balaban J connectivity index is 1.91. The van der Waals surface area contributed by atoms with Crippen molar-refractivity contribution in [1.82, 2.24) is 19.3 Å². The number of aryl methyl sites for hydroxylation is 4. The van der Waals surface area contributed by atoms with Gasteiger partial charge in [0.1, 0.15) is 5.52 Å². The average molecular weight is 258 g/mol. The van der Waals surface area contributed by atoms with E-state index in [1.54, 1.807) is 17.7 Å². The lowest BCUT2D eigenvalue weighted by molar-refractivity contribution is 0.368. The van der Waals surface area contributed by atoms with Gasteiger partial charge >= 0.3 is 0 Å². The maximum Gasteiger partial charge on any atom is 0.275 e. The van der Waals surface area contributed by atoms with Gasteiger partial charge in [0.15, 0.2) is 5.82 Å². The summed E-state index contributed by atoms with van der Waals surface area (Å²) < 4.78 is 8.55. The summed E-state index contributed by atoms with van der Waals surface area (Å²) in [5, 5.41) is 4.69. The van der Waals surface area contributed by atoms with E-state index >= 15 is 0 Å². The molecular formula is C13H14N4O2. The Kier molecular flexibility index (Phi) is 2.70. The minimum absolute atomic E-state index is 0.00115. The highest BCUT2D eigenvalue weighted by Crippen LogP contribution is 2.09. The van der Waals surface area contributed by atoms with Crippen LogP contribution in [0.25, 0.3) is 10.9 Å². The Hall–Kier alpha value is -2.37. The lowest BCUT2D eigenvalue weighted by Crippen LogP contribution is -2.21. The summed E-state index contributed by atoms with van der Waals surface area (Å²) in [5.41, 5.74) is 0.713. The predicted octanol–water partition coefficient (Wildman–Crippen LogP) is 1.27. The van der Waals surface area contributed by atoms with Gasteiger partial charge in [0, 0.05) is 37.8 Å². The van der Waals surface area contributed by atoms with Crippen molar-refractivity contribution in [3.63, 3.8) is 0 Å². The molecule has 0 unspecified atom stereocenters. The maximum absolute atomic E-state index is 12.3. The highest BCUT2D eigenvalue weighted by Gasteiger charge is 2.08. The number of rotatable bonds is 3. The summed E-state index contributed by atoms with van der Waals surface area (Å²) in [7, 11) is 1.87. The molecule has 0 bridgehead atoms. The van der Waals surface area contributed by atoms with Crippen molar-refractivity contribution in [2.45, 2.75) is 19.9 Å². The Morgan fingerprint density at radius 1 is 1.32 bits per heavy atom. The molecule has 0 aliphatic carbocycles. The molecule has 0 spiro atoms. The predicted molar refractivity (Wildman–Crippen MR) is 69.9 cm³/mol. The molecule has 0 atom stereocenters. The SMILES string of the molecule is Cc1noc(CCn2ccc3ccn(C)c3c2=O)n1. The number of hydrogen-bond acceptors (Lipinski definition) is 4. The van der Waals surface area contributed by atoms with E-state index < -0.39 is 0 Å². The van der Waals surface area contributed by atoms with Crippen LogP contribution in [0.5, 0.6) is 0 Å². The second-order valence-corrected chi connectivity index (χ2v) is 4.53. The van der Waals surface area contributed by atoms with Crippen LogP contribution in [0.15, 0.2) is 33.8 Å². The fourth-order valence-electron chi connectivity index (χ4n) is 2.17. The minimum Gasteiger partial charge on any atom is -0.346 e. The van der Waals surface area contributed by atoms with Crippen LogP contribution in [0.2, 0.25) is 0 Å². The molecule has 6 nitrogen and oxygen atoms in total. The van der Waals surface area contributed by atoms with E-state index in [-0.39, 0.29) is 5.56 Å². The van der Waals surface area contributed by atoms with Gasteiger partial charge < -0.3 is 13.7 Å². The third kappa shape index (κ3) is 2.05. The molecule has 98 valence electrons. The van der Waals surface area contributed by atoms with E-state index in [1.165, 1.54) is 0 Å². The molecule has 0 aliphatic rings. The summed E-state index contributed by atoms with van der Waals surface area (Å²) >= 11 is 0. The molecule has 0 radical (unpaired) electrons. The lowest BCUT2D eigenvalue weighted by atomic mass is 10.3. The molecule has 0 aliphatic heterocycles. The standard InChI is InChI=1S/C13H14N4O2/c1-9-14-11(19-15-9)5-8-17-7-4-10-3-6-16(2)12(10)13(17)18/h3-4,6-7H,5,8H2,1-2H3. The van der Waals surface area contributed by atoms with E-state index in [0.717, 1.165) is 5.39 Å². The molecule has 3 aromatic heterocycles. The second kappa shape index (κ2) is 4.38. The molecule has 0 aromatic carbocycles. The molecule has 3 aromatic rings. The molecule has 3 rings (SSSR count). The number of fused-ring (bicyclic) bond motifs is 1. The van der Waals surface area contributed by atoms with Crippen molar-refractivity contribution in [3.8, 4) is 0 Å². The first-order valence-electron chi connectivity index (χ1n) is 6.09. The lowest BCUT2D eigenvalue weighted by Gasteiger charge is -2.04. The monoisotopic (exact) mass is 258 g/mol. The van der Waals surface area contributed by atoms with Gasteiger partial charge in [0.05, 0.1) is 0 Å². The number of aromatic nitrogens is 4. The van der Waals surface area contributed by atoms with Crippen molar-refractivity contribution in [3.05, 3.63) is 46.6 Å². The van der Waals surface area contributed by atoms with Gasteiger partial charge in [0.2, 0.25) is 5.89 Å². The largest absolute Gasteiger partial charge is 0.346 e. The first-order valence-corrected chi connectivity index (χ1v) is 6.09. The van der Waals surface area contributed by atoms with Crippen LogP contribution in [0.4, 0.5) is 0 Å². The average Bonchev–Trinajstić information content (AvgIpc) is 2.96. The van der Waals surface area contributed by atoms with Gasteiger partial charge in [0.25, 0.3) is 5.56 Å². The Bertz CT molecular complexity index is 781. The zero-order chi connectivity index (χ0) is 13.4. The van der Waals surface area contributed by atoms with Gasteiger partial charge in [-0.05, 0) is 19.1 Å². The first-order chi connectivity index (χ1) is 9.15. The van der Waals surface area contributed by atoms with E-state index in [1.807, 2.05) is 29.9 Å². The highest BCUT2D eigenvalue weighted by molar-refractivity contribution is 5.78. The smallest absolute Gasteiger partial charge is 0.275 e. The Morgan fingerprint density at radius 3 is 2.84 bits per heavy atom. The Morgan fingerprint density at radius 2 is 2.11 bits per heavy atom. The molecule has 0 fully saturated rings. The molecule has 3 heterocycles. The van der Waals surface area contributed by atoms with E-state index in [4.69, 9.17) is 4.52 Å². The second-order valence-electron chi connectivity index (χ2n) is 4.53. The summed E-state index contributed by atoms with van der Waals surface area (Å²) in [6.07, 6.45) is 4.24. The zero-order valence-corrected chi connectivity index (χ0v) is 10.8.